The van der Waals surface area contributed by atoms with E-state index in [4.69, 9.17) is 5.41 Å². The maximum atomic E-state index is 12.3. The van der Waals surface area contributed by atoms with Gasteiger partial charge in [-0.3, -0.25) is 10.2 Å². The quantitative estimate of drug-likeness (QED) is 0.692. The van der Waals surface area contributed by atoms with Gasteiger partial charge in [0.25, 0.3) is 0 Å². The molecule has 0 aliphatic carbocycles. The van der Waals surface area contributed by atoms with Crippen molar-refractivity contribution in [3.05, 3.63) is 90.0 Å². The molecule has 2 aromatic carbocycles. The van der Waals surface area contributed by atoms with Crippen LogP contribution in [0.15, 0.2) is 79.0 Å². The number of ketones is 1. The molecule has 0 aliphatic heterocycles. The molecule has 0 amide bonds. The van der Waals surface area contributed by atoms with Crippen molar-refractivity contribution in [1.29, 1.82) is 5.41 Å². The van der Waals surface area contributed by atoms with Gasteiger partial charge in [0.2, 0.25) is 0 Å². The second-order valence-electron chi connectivity index (χ2n) is 5.08. The minimum absolute atomic E-state index is 0. The Kier molecular flexibility index (Phi) is 5.66. The molecule has 1 heterocycles. The van der Waals surface area contributed by atoms with Crippen LogP contribution < -0.4 is 5.49 Å². The van der Waals surface area contributed by atoms with Crippen LogP contribution in [0.5, 0.6) is 0 Å². The van der Waals surface area contributed by atoms with E-state index in [1.165, 1.54) is 0 Å². The molecule has 0 bridgehead atoms. The number of carbonyl (C=O) groups excluding carboxylic acids is 1. The van der Waals surface area contributed by atoms with Gasteiger partial charge in [-0.05, 0) is 23.3 Å². The fourth-order valence-corrected chi connectivity index (χ4v) is 2.34. The third-order valence-electron chi connectivity index (χ3n) is 3.57. The number of nitrogens with one attached hydrogen (secondary N) is 1. The summed E-state index contributed by atoms with van der Waals surface area (Å²) in [5, 5.41) is 7.78. The lowest BCUT2D eigenvalue weighted by Gasteiger charge is -2.07. The zero-order valence-corrected chi connectivity index (χ0v) is 14.2. The summed E-state index contributed by atoms with van der Waals surface area (Å²) in [5.74, 6) is 0.00399. The summed E-state index contributed by atoms with van der Waals surface area (Å²) >= 11 is 0. The third-order valence-corrected chi connectivity index (χ3v) is 3.57. The number of rotatable bonds is 4. The molecule has 116 valence electrons. The number of hydrogen-bond donors (Lipinski definition) is 1. The summed E-state index contributed by atoms with van der Waals surface area (Å²) in [7, 11) is 0. The van der Waals surface area contributed by atoms with E-state index in [-0.39, 0.29) is 29.3 Å². The van der Waals surface area contributed by atoms with Gasteiger partial charge in [-0.15, -0.1) is 17.0 Å². The minimum Gasteiger partial charge on any atom is -0.326 e. The molecule has 0 saturated carbocycles. The third kappa shape index (κ3) is 4.05. The van der Waals surface area contributed by atoms with Crippen LogP contribution in [-0.4, -0.2) is 10.4 Å². The van der Waals surface area contributed by atoms with Crippen LogP contribution in [0, 0.1) is 5.41 Å². The first kappa shape index (κ1) is 16.9. The van der Waals surface area contributed by atoms with Crippen LogP contribution in [0.3, 0.4) is 0 Å². The maximum absolute atomic E-state index is 12.3. The van der Waals surface area contributed by atoms with E-state index in [0.29, 0.717) is 11.1 Å². The van der Waals surface area contributed by atoms with E-state index in [9.17, 15) is 4.79 Å². The highest BCUT2D eigenvalue weighted by molar-refractivity contribution is 8.93. The lowest BCUT2D eigenvalue weighted by Crippen LogP contribution is -2.22. The van der Waals surface area contributed by atoms with E-state index in [1.807, 2.05) is 60.7 Å². The van der Waals surface area contributed by atoms with Gasteiger partial charge >= 0.3 is 0 Å². The Balaban J connectivity index is 0.00000192. The molecule has 23 heavy (non-hydrogen) atoms. The first-order valence-corrected chi connectivity index (χ1v) is 7.13. The van der Waals surface area contributed by atoms with E-state index >= 15 is 0 Å². The number of hydrogen-bond acceptors (Lipinski definition) is 2. The lowest BCUT2D eigenvalue weighted by molar-refractivity contribution is 0.0970. The van der Waals surface area contributed by atoms with E-state index in [1.54, 1.807) is 22.9 Å². The van der Waals surface area contributed by atoms with Gasteiger partial charge < -0.3 is 4.57 Å². The van der Waals surface area contributed by atoms with Crippen molar-refractivity contribution in [2.45, 2.75) is 6.54 Å². The van der Waals surface area contributed by atoms with Gasteiger partial charge in [0.1, 0.15) is 5.49 Å². The fourth-order valence-electron chi connectivity index (χ4n) is 2.34. The van der Waals surface area contributed by atoms with Crippen LogP contribution in [0.1, 0.15) is 10.4 Å². The predicted molar refractivity (Wildman–Crippen MR) is 96.8 cm³/mol. The highest BCUT2D eigenvalue weighted by Gasteiger charge is 2.07. The summed E-state index contributed by atoms with van der Waals surface area (Å²) in [4.78, 5) is 12.3. The predicted octanol–water partition coefficient (Wildman–Crippen LogP) is 4.10. The molecule has 0 spiro atoms. The molecule has 3 nitrogen and oxygen atoms in total. The van der Waals surface area contributed by atoms with E-state index in [0.717, 1.165) is 11.1 Å². The Morgan fingerprint density at radius 3 is 2.09 bits per heavy atom. The molecule has 0 unspecified atom stereocenters. The van der Waals surface area contributed by atoms with E-state index < -0.39 is 0 Å². The molecule has 0 saturated heterocycles. The SMILES string of the molecule is Br.N=c1ccccn1CC(=O)c1ccc(-c2ccccc2)cc1. The summed E-state index contributed by atoms with van der Waals surface area (Å²) in [6.07, 6.45) is 1.75. The molecule has 1 N–H and O–H groups in total. The Hall–Kier alpha value is -2.46. The summed E-state index contributed by atoms with van der Waals surface area (Å²) < 4.78 is 1.63. The Labute approximate surface area is 145 Å². The Morgan fingerprint density at radius 1 is 0.826 bits per heavy atom. The van der Waals surface area contributed by atoms with Gasteiger partial charge in [-0.2, -0.15) is 0 Å². The second-order valence-corrected chi connectivity index (χ2v) is 5.08. The summed E-state index contributed by atoms with van der Waals surface area (Å²) in [6, 6.07) is 23.0. The van der Waals surface area contributed by atoms with Gasteiger partial charge in [0.05, 0.1) is 6.54 Å². The zero-order chi connectivity index (χ0) is 15.4. The molecule has 3 rings (SSSR count). The highest BCUT2D eigenvalue weighted by atomic mass is 79.9. The number of halogens is 1. The Morgan fingerprint density at radius 2 is 1.43 bits per heavy atom. The van der Waals surface area contributed by atoms with Crippen molar-refractivity contribution in [2.75, 3.05) is 0 Å². The standard InChI is InChI=1S/C19H16N2O.BrH/c20-19-8-4-5-13-21(19)14-18(22)17-11-9-16(10-12-17)15-6-2-1-3-7-15;/h1-13,20H,14H2;1H. The summed E-state index contributed by atoms with van der Waals surface area (Å²) in [5.41, 5.74) is 3.21. The number of Topliss-reactive ketones (excluding diaryl/α,β-unsaturated/α-hetero) is 1. The van der Waals surface area contributed by atoms with Crippen molar-refractivity contribution in [1.82, 2.24) is 4.57 Å². The van der Waals surface area contributed by atoms with Gasteiger partial charge in [-0.25, -0.2) is 0 Å². The number of carbonyl (C=O) groups is 1. The molecule has 0 radical (unpaired) electrons. The van der Waals surface area contributed by atoms with Crippen molar-refractivity contribution in [3.63, 3.8) is 0 Å². The zero-order valence-electron chi connectivity index (χ0n) is 12.5. The Bertz CT molecular complexity index is 839. The molecular weight excluding hydrogens is 352 g/mol. The first-order valence-electron chi connectivity index (χ1n) is 7.13. The van der Waals surface area contributed by atoms with Crippen LogP contribution in [0.2, 0.25) is 0 Å². The van der Waals surface area contributed by atoms with Crippen LogP contribution in [0.4, 0.5) is 0 Å². The van der Waals surface area contributed by atoms with Crippen LogP contribution in [-0.2, 0) is 6.54 Å². The molecule has 3 aromatic rings. The largest absolute Gasteiger partial charge is 0.326 e. The number of nitrogens with zero attached hydrogens (tertiary/aromatic N) is 1. The molecular formula is C19H17BrN2O. The second kappa shape index (κ2) is 7.70. The van der Waals surface area contributed by atoms with Crippen molar-refractivity contribution >= 4 is 22.8 Å². The van der Waals surface area contributed by atoms with Crippen molar-refractivity contribution in [3.8, 4) is 11.1 Å². The number of pyridine rings is 1. The average Bonchev–Trinajstić information content (AvgIpc) is 2.58. The average molecular weight is 369 g/mol. The highest BCUT2D eigenvalue weighted by Crippen LogP contribution is 2.19. The monoisotopic (exact) mass is 368 g/mol. The number of benzene rings is 2. The van der Waals surface area contributed by atoms with Crippen molar-refractivity contribution < 1.29 is 4.79 Å². The van der Waals surface area contributed by atoms with E-state index in [2.05, 4.69) is 0 Å². The maximum Gasteiger partial charge on any atom is 0.182 e. The molecule has 0 aliphatic rings. The van der Waals surface area contributed by atoms with Crippen molar-refractivity contribution in [2.24, 2.45) is 0 Å². The molecule has 4 heteroatoms. The summed E-state index contributed by atoms with van der Waals surface area (Å²) in [6.45, 7) is 0.185. The molecule has 0 fully saturated rings. The fraction of sp³-hybridized carbons (Fsp3) is 0.0526. The van der Waals surface area contributed by atoms with Crippen LogP contribution in [0.25, 0.3) is 11.1 Å². The number of aromatic nitrogens is 1. The smallest absolute Gasteiger partial charge is 0.182 e. The topological polar surface area (TPSA) is 45.9 Å². The lowest BCUT2D eigenvalue weighted by atomic mass is 10.0. The molecule has 0 atom stereocenters. The first-order chi connectivity index (χ1) is 10.7. The van der Waals surface area contributed by atoms with Gasteiger partial charge in [-0.1, -0.05) is 60.7 Å². The van der Waals surface area contributed by atoms with Gasteiger partial charge in [0.15, 0.2) is 5.78 Å². The van der Waals surface area contributed by atoms with Crippen LogP contribution >= 0.6 is 17.0 Å². The van der Waals surface area contributed by atoms with Gasteiger partial charge in [0, 0.05) is 11.8 Å². The normalized spacial score (nSPS) is 9.91. The minimum atomic E-state index is 0. The molecule has 1 aromatic heterocycles.